The molecule has 0 spiro atoms. The maximum atomic E-state index is 12.7. The van der Waals surface area contributed by atoms with E-state index in [2.05, 4.69) is 36.4 Å². The Labute approximate surface area is 172 Å². The molecule has 0 aliphatic heterocycles. The highest BCUT2D eigenvalue weighted by Crippen LogP contribution is 2.19. The maximum absolute atomic E-state index is 12.7. The Morgan fingerprint density at radius 2 is 1.90 bits per heavy atom. The Bertz CT molecular complexity index is 1160. The zero-order valence-electron chi connectivity index (χ0n) is 15.0. The third kappa shape index (κ3) is 4.32. The zero-order valence-corrected chi connectivity index (χ0v) is 16.6. The number of carbonyl (C=O) groups excluding carboxylic acids is 2. The molecule has 29 heavy (non-hydrogen) atoms. The first-order valence-electron chi connectivity index (χ1n) is 8.30. The van der Waals surface area contributed by atoms with Crippen molar-refractivity contribution in [1.29, 1.82) is 0 Å². The van der Waals surface area contributed by atoms with Crippen LogP contribution in [0.2, 0.25) is 0 Å². The van der Waals surface area contributed by atoms with Crippen LogP contribution < -0.4 is 10.9 Å². The molecule has 148 valence electrons. The lowest BCUT2D eigenvalue weighted by Crippen LogP contribution is -2.37. The standard InChI is InChI=1S/C19H15BrN4O5/c1-29-19(27)14(15-17(25)23-13-5-3-2-4-12(13)22-15)16(24-28)18(26)21-11-8-6-10(20)7-9-11/h2-9,14,28H,1H3,(H,21,26)(H,23,25)/b24-16-. The summed E-state index contributed by atoms with van der Waals surface area (Å²) in [4.78, 5) is 44.4. The van der Waals surface area contributed by atoms with Crippen molar-refractivity contribution in [2.45, 2.75) is 5.92 Å². The highest BCUT2D eigenvalue weighted by Gasteiger charge is 2.36. The molecule has 0 aliphatic carbocycles. The first kappa shape index (κ1) is 20.2. The van der Waals surface area contributed by atoms with Gasteiger partial charge in [0.2, 0.25) is 0 Å². The average molecular weight is 459 g/mol. The van der Waals surface area contributed by atoms with Gasteiger partial charge in [-0.15, -0.1) is 0 Å². The van der Waals surface area contributed by atoms with E-state index in [1.807, 2.05) is 0 Å². The number of para-hydroxylation sites is 2. The van der Waals surface area contributed by atoms with Crippen LogP contribution in [-0.4, -0.2) is 39.9 Å². The molecule has 0 saturated carbocycles. The summed E-state index contributed by atoms with van der Waals surface area (Å²) in [6, 6.07) is 13.3. The Kier molecular flexibility index (Phi) is 6.03. The summed E-state index contributed by atoms with van der Waals surface area (Å²) in [5.41, 5.74) is -0.435. The second-order valence-corrected chi connectivity index (χ2v) is 6.79. The van der Waals surface area contributed by atoms with Crippen molar-refractivity contribution in [3.8, 4) is 0 Å². The number of rotatable bonds is 5. The fraction of sp³-hybridized carbons (Fsp3) is 0.105. The fourth-order valence-corrected chi connectivity index (χ4v) is 2.94. The molecule has 3 aromatic rings. The van der Waals surface area contributed by atoms with E-state index in [0.29, 0.717) is 16.7 Å². The van der Waals surface area contributed by atoms with Gasteiger partial charge in [0, 0.05) is 10.2 Å². The predicted octanol–water partition coefficient (Wildman–Crippen LogP) is 2.41. The van der Waals surface area contributed by atoms with Crippen molar-refractivity contribution in [2.75, 3.05) is 12.4 Å². The number of anilines is 1. The zero-order chi connectivity index (χ0) is 21.0. The van der Waals surface area contributed by atoms with Gasteiger partial charge in [-0.05, 0) is 36.4 Å². The number of halogens is 1. The van der Waals surface area contributed by atoms with Crippen LogP contribution in [0.25, 0.3) is 11.0 Å². The van der Waals surface area contributed by atoms with E-state index in [1.165, 1.54) is 0 Å². The Morgan fingerprint density at radius 1 is 1.21 bits per heavy atom. The monoisotopic (exact) mass is 458 g/mol. The number of nitrogens with one attached hydrogen (secondary N) is 2. The maximum Gasteiger partial charge on any atom is 0.321 e. The number of methoxy groups -OCH3 is 1. The van der Waals surface area contributed by atoms with Crippen LogP contribution in [-0.2, 0) is 14.3 Å². The molecule has 3 rings (SSSR count). The van der Waals surface area contributed by atoms with E-state index in [4.69, 9.17) is 4.74 Å². The van der Waals surface area contributed by atoms with Crippen molar-refractivity contribution in [2.24, 2.45) is 5.16 Å². The second-order valence-electron chi connectivity index (χ2n) is 5.87. The van der Waals surface area contributed by atoms with E-state index in [-0.39, 0.29) is 5.69 Å². The number of esters is 1. The first-order chi connectivity index (χ1) is 13.9. The quantitative estimate of drug-likeness (QED) is 0.232. The van der Waals surface area contributed by atoms with Gasteiger partial charge in [-0.25, -0.2) is 4.98 Å². The van der Waals surface area contributed by atoms with Crippen LogP contribution >= 0.6 is 15.9 Å². The molecule has 0 aliphatic rings. The first-order valence-corrected chi connectivity index (χ1v) is 9.09. The molecule has 1 aromatic heterocycles. The lowest BCUT2D eigenvalue weighted by atomic mass is 9.98. The van der Waals surface area contributed by atoms with Gasteiger partial charge >= 0.3 is 5.97 Å². The average Bonchev–Trinajstić information content (AvgIpc) is 2.72. The van der Waals surface area contributed by atoms with Crippen LogP contribution in [0.5, 0.6) is 0 Å². The van der Waals surface area contributed by atoms with Gasteiger partial charge in [0.25, 0.3) is 11.5 Å². The van der Waals surface area contributed by atoms with Crippen LogP contribution in [0.3, 0.4) is 0 Å². The molecular formula is C19H15BrN4O5. The molecule has 0 saturated heterocycles. The summed E-state index contributed by atoms with van der Waals surface area (Å²) < 4.78 is 5.52. The number of amides is 1. The van der Waals surface area contributed by atoms with Crippen LogP contribution in [0.15, 0.2) is 63.0 Å². The van der Waals surface area contributed by atoms with Gasteiger partial charge in [0.1, 0.15) is 5.69 Å². The number of carbonyl (C=O) groups is 2. The number of nitrogens with zero attached hydrogens (tertiary/aromatic N) is 2. The van der Waals surface area contributed by atoms with Gasteiger partial charge in [-0.2, -0.15) is 0 Å². The van der Waals surface area contributed by atoms with Crippen molar-refractivity contribution >= 4 is 50.2 Å². The highest BCUT2D eigenvalue weighted by atomic mass is 79.9. The Balaban J connectivity index is 2.04. The third-order valence-corrected chi connectivity index (χ3v) is 4.58. The number of fused-ring (bicyclic) bond motifs is 1. The molecule has 9 nitrogen and oxygen atoms in total. The van der Waals surface area contributed by atoms with Gasteiger partial charge < -0.3 is 20.2 Å². The summed E-state index contributed by atoms with van der Waals surface area (Å²) in [5.74, 6) is -3.49. The van der Waals surface area contributed by atoms with Crippen LogP contribution in [0.4, 0.5) is 5.69 Å². The van der Waals surface area contributed by atoms with Crippen LogP contribution in [0.1, 0.15) is 11.6 Å². The Hall–Kier alpha value is -3.53. The van der Waals surface area contributed by atoms with Crippen LogP contribution in [0, 0.1) is 0 Å². The second kappa shape index (κ2) is 8.65. The molecule has 1 heterocycles. The summed E-state index contributed by atoms with van der Waals surface area (Å²) >= 11 is 3.28. The summed E-state index contributed by atoms with van der Waals surface area (Å²) in [6.07, 6.45) is 0. The highest BCUT2D eigenvalue weighted by molar-refractivity contribution is 9.10. The minimum absolute atomic E-state index is 0.325. The van der Waals surface area contributed by atoms with E-state index in [9.17, 15) is 19.6 Å². The minimum Gasteiger partial charge on any atom is -0.468 e. The minimum atomic E-state index is -1.63. The summed E-state index contributed by atoms with van der Waals surface area (Å²) in [6.45, 7) is 0. The molecule has 3 N–H and O–H groups in total. The normalized spacial score (nSPS) is 12.4. The van der Waals surface area contributed by atoms with Gasteiger partial charge in [0.05, 0.1) is 18.1 Å². The van der Waals surface area contributed by atoms with Gasteiger partial charge in [-0.3, -0.25) is 14.4 Å². The summed E-state index contributed by atoms with van der Waals surface area (Å²) in [5, 5.41) is 14.9. The van der Waals surface area contributed by atoms with E-state index < -0.39 is 29.1 Å². The number of H-pyrrole nitrogens is 1. The molecule has 2 aromatic carbocycles. The molecule has 1 unspecified atom stereocenters. The van der Waals surface area contributed by atoms with E-state index >= 15 is 0 Å². The SMILES string of the molecule is COC(=O)C(/C(=N/O)C(=O)Nc1ccc(Br)cc1)c1nc2ccccc2[nH]c1=O. The van der Waals surface area contributed by atoms with Gasteiger partial charge in [0.15, 0.2) is 11.6 Å². The number of hydrogen-bond acceptors (Lipinski definition) is 7. The fourth-order valence-electron chi connectivity index (χ4n) is 2.67. The number of hydrogen-bond donors (Lipinski definition) is 3. The van der Waals surface area contributed by atoms with Crippen molar-refractivity contribution in [1.82, 2.24) is 9.97 Å². The largest absolute Gasteiger partial charge is 0.468 e. The topological polar surface area (TPSA) is 134 Å². The van der Waals surface area contributed by atoms with E-state index in [0.717, 1.165) is 11.6 Å². The number of aromatic nitrogens is 2. The third-order valence-electron chi connectivity index (χ3n) is 4.05. The van der Waals surface area contributed by atoms with Crippen molar-refractivity contribution in [3.05, 3.63) is 69.1 Å². The molecule has 10 heteroatoms. The number of ether oxygens (including phenoxy) is 1. The molecule has 0 radical (unpaired) electrons. The molecular weight excluding hydrogens is 444 g/mol. The lowest BCUT2D eigenvalue weighted by molar-refractivity contribution is -0.141. The molecule has 0 fully saturated rings. The lowest BCUT2D eigenvalue weighted by Gasteiger charge is -2.15. The molecule has 1 amide bonds. The molecule has 1 atom stereocenters. The van der Waals surface area contributed by atoms with Crippen molar-refractivity contribution < 1.29 is 19.5 Å². The smallest absolute Gasteiger partial charge is 0.321 e. The van der Waals surface area contributed by atoms with Gasteiger partial charge in [-0.1, -0.05) is 33.2 Å². The number of aromatic amines is 1. The van der Waals surface area contributed by atoms with Crippen molar-refractivity contribution in [3.63, 3.8) is 0 Å². The molecule has 0 bridgehead atoms. The summed E-state index contributed by atoms with van der Waals surface area (Å²) in [7, 11) is 1.09. The Morgan fingerprint density at radius 3 is 2.55 bits per heavy atom. The number of benzene rings is 2. The number of oxime groups is 1. The predicted molar refractivity (Wildman–Crippen MR) is 109 cm³/mol. The van der Waals surface area contributed by atoms with E-state index in [1.54, 1.807) is 48.5 Å².